The highest BCUT2D eigenvalue weighted by atomic mass is 19.4. The molecule has 0 amide bonds. The van der Waals surface area contributed by atoms with Gasteiger partial charge in [-0.3, -0.25) is 0 Å². The zero-order valence-electron chi connectivity index (χ0n) is 6.10. The summed E-state index contributed by atoms with van der Waals surface area (Å²) in [5, 5.41) is 8.34. The maximum Gasteiger partial charge on any atom is 0.445 e. The van der Waals surface area contributed by atoms with Gasteiger partial charge in [-0.2, -0.15) is 13.2 Å². The van der Waals surface area contributed by atoms with Gasteiger partial charge < -0.3 is 14.6 Å². The smallest absolute Gasteiger partial charge is 0.390 e. The Morgan fingerprint density at radius 3 is 1.55 bits per heavy atom. The number of rotatable bonds is 3. The normalized spacial score (nSPS) is 13.6. The van der Waals surface area contributed by atoms with E-state index >= 15 is 0 Å². The molecule has 0 saturated carbocycles. The largest absolute Gasteiger partial charge is 0.445 e. The van der Waals surface area contributed by atoms with E-state index < -0.39 is 18.6 Å². The number of aliphatic hydroxyl groups is 1. The summed E-state index contributed by atoms with van der Waals surface area (Å²) in [7, 11) is 1.63. The van der Waals surface area contributed by atoms with Crippen LogP contribution in [0.5, 0.6) is 0 Å². The molecular weight excluding hydrogens is 165 g/mol. The lowest BCUT2D eigenvalue weighted by Gasteiger charge is -2.30. The van der Waals surface area contributed by atoms with Crippen molar-refractivity contribution in [3.8, 4) is 0 Å². The Morgan fingerprint density at radius 1 is 1.18 bits per heavy atom. The van der Waals surface area contributed by atoms with Crippen LogP contribution in [-0.2, 0) is 9.47 Å². The summed E-state index contributed by atoms with van der Waals surface area (Å²) in [6.45, 7) is -1.26. The highest BCUT2D eigenvalue weighted by molar-refractivity contribution is 4.76. The lowest BCUT2D eigenvalue weighted by molar-refractivity contribution is -0.375. The minimum Gasteiger partial charge on any atom is -0.390 e. The maximum absolute atomic E-state index is 12.0. The maximum atomic E-state index is 12.0. The first-order valence-corrected chi connectivity index (χ1v) is 2.71. The fourth-order valence-corrected chi connectivity index (χ4v) is 0.534. The molecule has 3 nitrogen and oxygen atoms in total. The average molecular weight is 174 g/mol. The third-order valence-corrected chi connectivity index (χ3v) is 1.30. The van der Waals surface area contributed by atoms with Gasteiger partial charge >= 0.3 is 6.18 Å². The summed E-state index contributed by atoms with van der Waals surface area (Å²) < 4.78 is 43.9. The first-order valence-electron chi connectivity index (χ1n) is 2.71. The fraction of sp³-hybridized carbons (Fsp3) is 1.00. The van der Waals surface area contributed by atoms with Crippen LogP contribution < -0.4 is 0 Å². The molecular formula is C5H9F3O3. The van der Waals surface area contributed by atoms with Crippen molar-refractivity contribution in [2.75, 3.05) is 20.8 Å². The van der Waals surface area contributed by atoms with E-state index in [1.54, 1.807) is 0 Å². The SMILES string of the molecule is COC(CO)(OC)C(F)(F)F. The summed E-state index contributed by atoms with van der Waals surface area (Å²) in [5.74, 6) is -2.88. The molecule has 0 aromatic carbocycles. The van der Waals surface area contributed by atoms with Gasteiger partial charge in [0.15, 0.2) is 0 Å². The van der Waals surface area contributed by atoms with Crippen LogP contribution in [-0.4, -0.2) is 37.9 Å². The Morgan fingerprint density at radius 2 is 1.55 bits per heavy atom. The third-order valence-electron chi connectivity index (χ3n) is 1.30. The van der Waals surface area contributed by atoms with Crippen LogP contribution in [0.1, 0.15) is 0 Å². The van der Waals surface area contributed by atoms with Gasteiger partial charge in [-0.1, -0.05) is 0 Å². The molecule has 0 heterocycles. The highest BCUT2D eigenvalue weighted by Gasteiger charge is 2.56. The van der Waals surface area contributed by atoms with Crippen molar-refractivity contribution < 1.29 is 27.8 Å². The van der Waals surface area contributed by atoms with E-state index in [4.69, 9.17) is 5.11 Å². The summed E-state index contributed by atoms with van der Waals surface area (Å²) >= 11 is 0. The Hall–Kier alpha value is -0.330. The van der Waals surface area contributed by atoms with Crippen LogP contribution in [0.15, 0.2) is 0 Å². The fourth-order valence-electron chi connectivity index (χ4n) is 0.534. The van der Waals surface area contributed by atoms with Crippen LogP contribution in [0.2, 0.25) is 0 Å². The van der Waals surface area contributed by atoms with Gasteiger partial charge in [0.05, 0.1) is 0 Å². The second-order valence-electron chi connectivity index (χ2n) is 1.82. The van der Waals surface area contributed by atoms with E-state index in [0.717, 1.165) is 14.2 Å². The number of hydrogen-bond acceptors (Lipinski definition) is 3. The summed E-state index contributed by atoms with van der Waals surface area (Å²) in [4.78, 5) is 0. The van der Waals surface area contributed by atoms with Gasteiger partial charge in [0.1, 0.15) is 6.61 Å². The van der Waals surface area contributed by atoms with E-state index in [-0.39, 0.29) is 0 Å². The number of ether oxygens (including phenoxy) is 2. The molecule has 6 heteroatoms. The summed E-state index contributed by atoms with van der Waals surface area (Å²) in [5.41, 5.74) is 0. The molecule has 0 unspecified atom stereocenters. The van der Waals surface area contributed by atoms with E-state index in [1.807, 2.05) is 0 Å². The van der Waals surface area contributed by atoms with Crippen molar-refractivity contribution in [1.82, 2.24) is 0 Å². The number of halogens is 3. The van der Waals surface area contributed by atoms with Gasteiger partial charge in [-0.15, -0.1) is 0 Å². The first kappa shape index (κ1) is 10.7. The third kappa shape index (κ3) is 1.82. The molecule has 0 fully saturated rings. The predicted octanol–water partition coefficient (Wildman–Crippen LogP) is 0.530. The zero-order valence-corrected chi connectivity index (χ0v) is 6.10. The molecule has 0 rings (SSSR count). The number of methoxy groups -OCH3 is 2. The molecule has 68 valence electrons. The monoisotopic (exact) mass is 174 g/mol. The molecule has 0 spiro atoms. The molecule has 0 aromatic rings. The van der Waals surface area contributed by atoms with Gasteiger partial charge in [-0.05, 0) is 0 Å². The van der Waals surface area contributed by atoms with E-state index in [1.165, 1.54) is 0 Å². The molecule has 11 heavy (non-hydrogen) atoms. The number of aliphatic hydroxyl groups excluding tert-OH is 1. The molecule has 0 bridgehead atoms. The van der Waals surface area contributed by atoms with E-state index in [2.05, 4.69) is 9.47 Å². The van der Waals surface area contributed by atoms with Crippen LogP contribution in [0.25, 0.3) is 0 Å². The Labute approximate surface area is 61.7 Å². The summed E-state index contributed by atoms with van der Waals surface area (Å²) in [6, 6.07) is 0. The van der Waals surface area contributed by atoms with Gasteiger partial charge in [0.2, 0.25) is 0 Å². The number of alkyl halides is 3. The molecule has 0 aliphatic heterocycles. The standard InChI is InChI=1S/C5H9F3O3/c1-10-4(3-9,11-2)5(6,7)8/h9H,3H2,1-2H3. The minimum absolute atomic E-state index is 0.813. The molecule has 0 saturated heterocycles. The van der Waals surface area contributed by atoms with Crippen LogP contribution in [0.3, 0.4) is 0 Å². The molecule has 0 aliphatic carbocycles. The Balaban J connectivity index is 4.54. The van der Waals surface area contributed by atoms with Crippen molar-refractivity contribution >= 4 is 0 Å². The van der Waals surface area contributed by atoms with Crippen molar-refractivity contribution in [3.63, 3.8) is 0 Å². The lowest BCUT2D eigenvalue weighted by Crippen LogP contribution is -2.51. The minimum atomic E-state index is -4.73. The van der Waals surface area contributed by atoms with Crippen molar-refractivity contribution in [2.24, 2.45) is 0 Å². The van der Waals surface area contributed by atoms with Crippen LogP contribution >= 0.6 is 0 Å². The van der Waals surface area contributed by atoms with E-state index in [0.29, 0.717) is 0 Å². The summed E-state index contributed by atoms with van der Waals surface area (Å²) in [6.07, 6.45) is -4.73. The van der Waals surface area contributed by atoms with Crippen molar-refractivity contribution in [2.45, 2.75) is 12.0 Å². The Kier molecular flexibility index (Phi) is 3.28. The lowest BCUT2D eigenvalue weighted by atomic mass is 10.3. The molecule has 0 aromatic heterocycles. The molecule has 1 N–H and O–H groups in total. The van der Waals surface area contributed by atoms with Gasteiger partial charge in [0.25, 0.3) is 5.79 Å². The zero-order chi connectivity index (χ0) is 9.12. The quantitative estimate of drug-likeness (QED) is 0.634. The van der Waals surface area contributed by atoms with Crippen molar-refractivity contribution in [3.05, 3.63) is 0 Å². The molecule has 0 atom stereocenters. The van der Waals surface area contributed by atoms with Crippen LogP contribution in [0.4, 0.5) is 13.2 Å². The second kappa shape index (κ2) is 3.38. The van der Waals surface area contributed by atoms with Crippen molar-refractivity contribution in [1.29, 1.82) is 0 Å². The second-order valence-corrected chi connectivity index (χ2v) is 1.82. The average Bonchev–Trinajstić information content (AvgIpc) is 1.90. The van der Waals surface area contributed by atoms with E-state index in [9.17, 15) is 13.2 Å². The molecule has 0 aliphatic rings. The first-order chi connectivity index (χ1) is 4.93. The number of hydrogen-bond donors (Lipinski definition) is 1. The predicted molar refractivity (Wildman–Crippen MR) is 29.9 cm³/mol. The topological polar surface area (TPSA) is 38.7 Å². The molecule has 0 radical (unpaired) electrons. The van der Waals surface area contributed by atoms with Crippen LogP contribution in [0, 0.1) is 0 Å². The van der Waals surface area contributed by atoms with Gasteiger partial charge in [-0.25, -0.2) is 0 Å². The Bertz CT molecular complexity index is 110. The highest BCUT2D eigenvalue weighted by Crippen LogP contribution is 2.33. The van der Waals surface area contributed by atoms with Gasteiger partial charge in [0, 0.05) is 14.2 Å².